The van der Waals surface area contributed by atoms with E-state index in [0.717, 1.165) is 5.69 Å². The van der Waals surface area contributed by atoms with Crippen LogP contribution in [0.3, 0.4) is 0 Å². The van der Waals surface area contributed by atoms with E-state index >= 15 is 0 Å². The fourth-order valence-electron chi connectivity index (χ4n) is 1.22. The molecule has 0 unspecified atom stereocenters. The highest BCUT2D eigenvalue weighted by Crippen LogP contribution is 2.25. The smallest absolute Gasteiger partial charge is 0.335 e. The van der Waals surface area contributed by atoms with Gasteiger partial charge in [0.25, 0.3) is 0 Å². The highest BCUT2D eigenvalue weighted by molar-refractivity contribution is 7.99. The molecule has 2 heterocycles. The SMILES string of the molecule is Cc1ccnc(Sc2cc(C(=O)O)cc(Cl)n2)n1. The van der Waals surface area contributed by atoms with E-state index in [2.05, 4.69) is 15.0 Å². The first-order valence-corrected chi connectivity index (χ1v) is 6.12. The maximum atomic E-state index is 10.9. The molecule has 2 aromatic rings. The molecule has 1 N–H and O–H groups in total. The Hall–Kier alpha value is -1.66. The molecule has 0 spiro atoms. The zero-order chi connectivity index (χ0) is 13.1. The van der Waals surface area contributed by atoms with Crippen molar-refractivity contribution < 1.29 is 9.90 Å². The molecule has 2 rings (SSSR count). The van der Waals surface area contributed by atoms with E-state index in [0.29, 0.717) is 10.2 Å². The number of aromatic carboxylic acids is 1. The van der Waals surface area contributed by atoms with Crippen LogP contribution in [0.1, 0.15) is 16.1 Å². The largest absolute Gasteiger partial charge is 0.478 e. The average Bonchev–Trinajstić information content (AvgIpc) is 2.28. The van der Waals surface area contributed by atoms with Crippen molar-refractivity contribution in [3.8, 4) is 0 Å². The predicted octanol–water partition coefficient (Wildman–Crippen LogP) is 2.68. The van der Waals surface area contributed by atoms with Crippen LogP contribution < -0.4 is 0 Å². The fraction of sp³-hybridized carbons (Fsp3) is 0.0909. The van der Waals surface area contributed by atoms with Gasteiger partial charge < -0.3 is 5.11 Å². The lowest BCUT2D eigenvalue weighted by Crippen LogP contribution is -1.98. The Labute approximate surface area is 112 Å². The second kappa shape index (κ2) is 5.32. The minimum absolute atomic E-state index is 0.0881. The average molecular weight is 282 g/mol. The second-order valence-corrected chi connectivity index (χ2v) is 4.78. The number of rotatable bonds is 3. The van der Waals surface area contributed by atoms with E-state index < -0.39 is 5.97 Å². The van der Waals surface area contributed by atoms with Crippen molar-refractivity contribution in [3.63, 3.8) is 0 Å². The summed E-state index contributed by atoms with van der Waals surface area (Å²) in [6.07, 6.45) is 1.63. The molecule has 0 aliphatic carbocycles. The van der Waals surface area contributed by atoms with Crippen molar-refractivity contribution in [1.82, 2.24) is 15.0 Å². The number of aromatic nitrogens is 3. The molecule has 0 amide bonds. The van der Waals surface area contributed by atoms with Gasteiger partial charge in [-0.2, -0.15) is 0 Å². The second-order valence-electron chi connectivity index (χ2n) is 3.40. The van der Waals surface area contributed by atoms with Crippen LogP contribution in [-0.4, -0.2) is 26.0 Å². The molecule has 0 aliphatic heterocycles. The Balaban J connectivity index is 2.31. The summed E-state index contributed by atoms with van der Waals surface area (Å²) < 4.78 is 0. The first-order valence-electron chi connectivity index (χ1n) is 4.93. The van der Waals surface area contributed by atoms with Crippen molar-refractivity contribution in [2.45, 2.75) is 17.1 Å². The van der Waals surface area contributed by atoms with Gasteiger partial charge in [-0.15, -0.1) is 0 Å². The summed E-state index contributed by atoms with van der Waals surface area (Å²) in [5.74, 6) is -1.05. The summed E-state index contributed by atoms with van der Waals surface area (Å²) in [6, 6.07) is 4.51. The third-order valence-electron chi connectivity index (χ3n) is 1.99. The molecule has 0 atom stereocenters. The molecule has 0 bridgehead atoms. The molecular formula is C11H8ClN3O2S. The summed E-state index contributed by atoms with van der Waals surface area (Å²) in [4.78, 5) is 23.2. The molecule has 7 heteroatoms. The van der Waals surface area contributed by atoms with Gasteiger partial charge in [0, 0.05) is 11.9 Å². The lowest BCUT2D eigenvalue weighted by Gasteiger charge is -2.02. The molecular weight excluding hydrogens is 274 g/mol. The van der Waals surface area contributed by atoms with Gasteiger partial charge >= 0.3 is 5.97 Å². The van der Waals surface area contributed by atoms with Crippen LogP contribution in [0, 0.1) is 6.92 Å². The van der Waals surface area contributed by atoms with Gasteiger partial charge in [0.05, 0.1) is 5.56 Å². The van der Waals surface area contributed by atoms with Crippen molar-refractivity contribution in [3.05, 3.63) is 40.8 Å². The Morgan fingerprint density at radius 2 is 2.17 bits per heavy atom. The summed E-state index contributed by atoms with van der Waals surface area (Å²) in [5, 5.41) is 10.00. The van der Waals surface area contributed by atoms with Crippen molar-refractivity contribution >= 4 is 29.3 Å². The number of pyridine rings is 1. The van der Waals surface area contributed by atoms with Crippen LogP contribution in [0.15, 0.2) is 34.6 Å². The number of nitrogens with zero attached hydrogens (tertiary/aromatic N) is 3. The van der Waals surface area contributed by atoms with Gasteiger partial charge in [0.2, 0.25) is 0 Å². The van der Waals surface area contributed by atoms with Crippen LogP contribution in [-0.2, 0) is 0 Å². The van der Waals surface area contributed by atoms with E-state index in [-0.39, 0.29) is 10.7 Å². The minimum Gasteiger partial charge on any atom is -0.478 e. The Morgan fingerprint density at radius 1 is 1.39 bits per heavy atom. The van der Waals surface area contributed by atoms with Crippen LogP contribution in [0.2, 0.25) is 5.15 Å². The Morgan fingerprint density at radius 3 is 2.83 bits per heavy atom. The molecule has 0 radical (unpaired) electrons. The first kappa shape index (κ1) is 12.8. The first-order chi connectivity index (χ1) is 8.54. The van der Waals surface area contributed by atoms with Gasteiger partial charge in [0.1, 0.15) is 10.2 Å². The highest BCUT2D eigenvalue weighted by Gasteiger charge is 2.09. The highest BCUT2D eigenvalue weighted by atomic mass is 35.5. The summed E-state index contributed by atoms with van der Waals surface area (Å²) in [6.45, 7) is 1.85. The third kappa shape index (κ3) is 3.18. The van der Waals surface area contributed by atoms with Crippen LogP contribution in [0.5, 0.6) is 0 Å². The van der Waals surface area contributed by atoms with E-state index in [9.17, 15) is 4.79 Å². The van der Waals surface area contributed by atoms with Gasteiger partial charge in [-0.3, -0.25) is 0 Å². The quantitative estimate of drug-likeness (QED) is 0.688. The number of carbonyl (C=O) groups is 1. The lowest BCUT2D eigenvalue weighted by molar-refractivity contribution is 0.0696. The molecule has 18 heavy (non-hydrogen) atoms. The monoisotopic (exact) mass is 281 g/mol. The van der Waals surface area contributed by atoms with Gasteiger partial charge in [-0.05, 0) is 36.9 Å². The molecule has 2 aromatic heterocycles. The Kier molecular flexibility index (Phi) is 3.78. The maximum absolute atomic E-state index is 10.9. The molecule has 0 aromatic carbocycles. The minimum atomic E-state index is -1.05. The summed E-state index contributed by atoms with van der Waals surface area (Å²) in [7, 11) is 0. The molecule has 5 nitrogen and oxygen atoms in total. The van der Waals surface area contributed by atoms with Gasteiger partial charge in [-0.25, -0.2) is 19.7 Å². The van der Waals surface area contributed by atoms with E-state index in [1.165, 1.54) is 23.9 Å². The molecule has 0 saturated carbocycles. The molecule has 92 valence electrons. The number of carboxylic acids is 1. The lowest BCUT2D eigenvalue weighted by atomic mass is 10.3. The van der Waals surface area contributed by atoms with E-state index in [4.69, 9.17) is 16.7 Å². The standard InChI is InChI=1S/C11H8ClN3O2S/c1-6-2-3-13-11(14-6)18-9-5-7(10(16)17)4-8(12)15-9/h2-5H,1H3,(H,16,17). The van der Waals surface area contributed by atoms with Crippen LogP contribution in [0.25, 0.3) is 0 Å². The third-order valence-corrected chi connectivity index (χ3v) is 2.98. The van der Waals surface area contributed by atoms with E-state index in [1.54, 1.807) is 12.3 Å². The van der Waals surface area contributed by atoms with Crippen LogP contribution in [0.4, 0.5) is 0 Å². The number of hydrogen-bond acceptors (Lipinski definition) is 5. The predicted molar refractivity (Wildman–Crippen MR) is 67.1 cm³/mol. The van der Waals surface area contributed by atoms with Gasteiger partial charge in [-0.1, -0.05) is 11.6 Å². The van der Waals surface area contributed by atoms with Crippen molar-refractivity contribution in [2.24, 2.45) is 0 Å². The number of aryl methyl sites for hydroxylation is 1. The summed E-state index contributed by atoms with van der Waals surface area (Å²) >= 11 is 6.93. The van der Waals surface area contributed by atoms with Crippen molar-refractivity contribution in [2.75, 3.05) is 0 Å². The maximum Gasteiger partial charge on any atom is 0.335 e. The number of halogens is 1. The Bertz CT molecular complexity index is 607. The number of hydrogen-bond donors (Lipinski definition) is 1. The summed E-state index contributed by atoms with van der Waals surface area (Å²) in [5.41, 5.74) is 0.915. The number of carboxylic acid groups (broad SMARTS) is 1. The molecule has 0 saturated heterocycles. The van der Waals surface area contributed by atoms with Gasteiger partial charge in [0.15, 0.2) is 5.16 Å². The van der Waals surface area contributed by atoms with Crippen LogP contribution >= 0.6 is 23.4 Å². The van der Waals surface area contributed by atoms with Crippen molar-refractivity contribution in [1.29, 1.82) is 0 Å². The molecule has 0 fully saturated rings. The normalized spacial score (nSPS) is 10.3. The topological polar surface area (TPSA) is 76.0 Å². The molecule has 0 aliphatic rings. The van der Waals surface area contributed by atoms with E-state index in [1.807, 2.05) is 6.92 Å². The fourth-order valence-corrected chi connectivity index (χ4v) is 2.30. The zero-order valence-electron chi connectivity index (χ0n) is 9.29. The zero-order valence-corrected chi connectivity index (χ0v) is 10.9.